The number of ether oxygens (including phenoxy) is 1. The van der Waals surface area contributed by atoms with E-state index in [1.807, 2.05) is 11.8 Å². The van der Waals surface area contributed by atoms with Crippen LogP contribution in [0.4, 0.5) is 4.79 Å². The second kappa shape index (κ2) is 9.11. The van der Waals surface area contributed by atoms with Gasteiger partial charge in [-0.25, -0.2) is 4.79 Å². The number of carbonyl (C=O) groups excluding carboxylic acids is 2. The summed E-state index contributed by atoms with van der Waals surface area (Å²) < 4.78 is 5.24. The van der Waals surface area contributed by atoms with Gasteiger partial charge in [-0.2, -0.15) is 0 Å². The molecule has 1 unspecified atom stereocenters. The largest absolute Gasteiger partial charge is 0.380 e. The van der Waals surface area contributed by atoms with E-state index in [0.29, 0.717) is 31.8 Å². The van der Waals surface area contributed by atoms with Crippen LogP contribution in [0, 0.1) is 0 Å². The molecule has 1 saturated heterocycles. The smallest absolute Gasteiger partial charge is 0.317 e. The fourth-order valence-electron chi connectivity index (χ4n) is 3.52. The Kier molecular flexibility index (Phi) is 7.15. The molecule has 23 heavy (non-hydrogen) atoms. The number of nitrogens with one attached hydrogen (secondary N) is 1. The summed E-state index contributed by atoms with van der Waals surface area (Å²) in [5.74, 6) is 0.189. The first kappa shape index (κ1) is 18.0. The molecular weight excluding hydrogens is 294 g/mol. The van der Waals surface area contributed by atoms with Gasteiger partial charge in [-0.05, 0) is 45.4 Å². The summed E-state index contributed by atoms with van der Waals surface area (Å²) in [7, 11) is 0. The molecule has 0 spiro atoms. The third kappa shape index (κ3) is 5.09. The zero-order chi connectivity index (χ0) is 16.7. The summed E-state index contributed by atoms with van der Waals surface area (Å²) in [5, 5.41) is 2.91. The van der Waals surface area contributed by atoms with E-state index < -0.39 is 0 Å². The molecule has 3 amide bonds. The maximum Gasteiger partial charge on any atom is 0.317 e. The van der Waals surface area contributed by atoms with Gasteiger partial charge in [0, 0.05) is 45.2 Å². The fraction of sp³-hybridized carbons (Fsp3) is 0.882. The quantitative estimate of drug-likeness (QED) is 0.760. The minimum atomic E-state index is -0.0108. The van der Waals surface area contributed by atoms with E-state index in [9.17, 15) is 9.59 Å². The molecule has 0 aromatic rings. The van der Waals surface area contributed by atoms with Gasteiger partial charge in [-0.1, -0.05) is 0 Å². The third-order valence-electron chi connectivity index (χ3n) is 4.94. The number of rotatable bonds is 6. The van der Waals surface area contributed by atoms with Gasteiger partial charge in [0.2, 0.25) is 5.91 Å². The van der Waals surface area contributed by atoms with Crippen LogP contribution in [-0.4, -0.2) is 66.7 Å². The molecule has 1 aliphatic heterocycles. The lowest BCUT2D eigenvalue weighted by Gasteiger charge is -2.42. The summed E-state index contributed by atoms with van der Waals surface area (Å²) in [6, 6.07) is 0.714. The molecule has 2 aliphatic rings. The highest BCUT2D eigenvalue weighted by molar-refractivity contribution is 5.75. The summed E-state index contributed by atoms with van der Waals surface area (Å²) in [4.78, 5) is 28.2. The van der Waals surface area contributed by atoms with Crippen molar-refractivity contribution < 1.29 is 14.3 Å². The molecule has 6 nitrogen and oxygen atoms in total. The van der Waals surface area contributed by atoms with Crippen molar-refractivity contribution in [2.24, 2.45) is 0 Å². The monoisotopic (exact) mass is 325 g/mol. The van der Waals surface area contributed by atoms with E-state index in [0.717, 1.165) is 45.2 Å². The highest BCUT2D eigenvalue weighted by atomic mass is 16.5. The number of carbonyl (C=O) groups is 2. The fourth-order valence-corrected chi connectivity index (χ4v) is 3.52. The van der Waals surface area contributed by atoms with E-state index in [1.165, 1.54) is 6.42 Å². The summed E-state index contributed by atoms with van der Waals surface area (Å²) in [6.07, 6.45) is 6.35. The summed E-state index contributed by atoms with van der Waals surface area (Å²) >= 11 is 0. The maximum absolute atomic E-state index is 12.2. The topological polar surface area (TPSA) is 61.9 Å². The molecule has 0 aromatic carbocycles. The molecule has 2 fully saturated rings. The lowest BCUT2D eigenvalue weighted by Crippen LogP contribution is -2.49. The SMILES string of the molecule is CCOCCNC(=O)N1CCCC(N(C(C)=O)C2CCC2)CC1. The van der Waals surface area contributed by atoms with Gasteiger partial charge >= 0.3 is 6.03 Å². The molecule has 1 saturated carbocycles. The Labute approximate surface area is 139 Å². The van der Waals surface area contributed by atoms with Crippen LogP contribution in [0.3, 0.4) is 0 Å². The van der Waals surface area contributed by atoms with Gasteiger partial charge in [0.1, 0.15) is 0 Å². The van der Waals surface area contributed by atoms with Crippen LogP contribution in [-0.2, 0) is 9.53 Å². The summed E-state index contributed by atoms with van der Waals surface area (Å²) in [6.45, 7) is 6.89. The Balaban J connectivity index is 1.81. The highest BCUT2D eigenvalue weighted by Crippen LogP contribution is 2.30. The standard InChI is InChI=1S/C17H31N3O3/c1-3-23-13-10-18-17(22)19-11-5-8-16(9-12-19)20(14(2)21)15-6-4-7-15/h15-16H,3-13H2,1-2H3,(H,18,22). The van der Waals surface area contributed by atoms with Gasteiger partial charge in [-0.3, -0.25) is 4.79 Å². The van der Waals surface area contributed by atoms with Crippen molar-refractivity contribution in [2.75, 3.05) is 32.8 Å². The van der Waals surface area contributed by atoms with Crippen LogP contribution in [0.2, 0.25) is 0 Å². The average molecular weight is 325 g/mol. The Morgan fingerprint density at radius 2 is 1.83 bits per heavy atom. The van der Waals surface area contributed by atoms with Gasteiger partial charge in [-0.15, -0.1) is 0 Å². The van der Waals surface area contributed by atoms with Crippen molar-refractivity contribution >= 4 is 11.9 Å². The molecule has 0 radical (unpaired) electrons. The number of amides is 3. The minimum absolute atomic E-state index is 0.0108. The molecule has 1 aliphatic carbocycles. The molecule has 1 atom stereocenters. The predicted molar refractivity (Wildman–Crippen MR) is 89.3 cm³/mol. The van der Waals surface area contributed by atoms with Gasteiger partial charge in [0.25, 0.3) is 0 Å². The first-order chi connectivity index (χ1) is 11.1. The van der Waals surface area contributed by atoms with E-state index in [4.69, 9.17) is 4.74 Å². The number of likely N-dealkylation sites (tertiary alicyclic amines) is 1. The Bertz CT molecular complexity index is 399. The molecule has 0 aromatic heterocycles. The third-order valence-corrected chi connectivity index (χ3v) is 4.94. The number of nitrogens with zero attached hydrogens (tertiary/aromatic N) is 2. The van der Waals surface area contributed by atoms with Crippen LogP contribution < -0.4 is 5.32 Å². The average Bonchev–Trinajstić information content (AvgIpc) is 2.72. The maximum atomic E-state index is 12.2. The van der Waals surface area contributed by atoms with Crippen molar-refractivity contribution in [1.29, 1.82) is 0 Å². The van der Waals surface area contributed by atoms with Crippen molar-refractivity contribution in [3.05, 3.63) is 0 Å². The lowest BCUT2D eigenvalue weighted by molar-refractivity contribution is -0.136. The first-order valence-electron chi connectivity index (χ1n) is 9.03. The molecular formula is C17H31N3O3. The molecule has 132 valence electrons. The minimum Gasteiger partial charge on any atom is -0.380 e. The van der Waals surface area contributed by atoms with Gasteiger partial charge < -0.3 is 19.9 Å². The Hall–Kier alpha value is -1.30. The van der Waals surface area contributed by atoms with Crippen molar-refractivity contribution in [1.82, 2.24) is 15.1 Å². The number of hydrogen-bond acceptors (Lipinski definition) is 3. The van der Waals surface area contributed by atoms with E-state index in [1.54, 1.807) is 6.92 Å². The van der Waals surface area contributed by atoms with E-state index in [-0.39, 0.29) is 11.9 Å². The molecule has 6 heteroatoms. The van der Waals surface area contributed by atoms with Crippen molar-refractivity contribution in [2.45, 2.75) is 64.5 Å². The predicted octanol–water partition coefficient (Wildman–Crippen LogP) is 1.99. The second-order valence-electron chi connectivity index (χ2n) is 6.51. The molecule has 2 rings (SSSR count). The van der Waals surface area contributed by atoms with Gasteiger partial charge in [0.15, 0.2) is 0 Å². The van der Waals surface area contributed by atoms with Gasteiger partial charge in [0.05, 0.1) is 6.61 Å². The zero-order valence-corrected chi connectivity index (χ0v) is 14.6. The normalized spacial score (nSPS) is 22.2. The van der Waals surface area contributed by atoms with Crippen molar-refractivity contribution in [3.8, 4) is 0 Å². The zero-order valence-electron chi connectivity index (χ0n) is 14.6. The van der Waals surface area contributed by atoms with Crippen LogP contribution in [0.25, 0.3) is 0 Å². The Morgan fingerprint density at radius 1 is 1.13 bits per heavy atom. The van der Waals surface area contributed by atoms with Crippen molar-refractivity contribution in [3.63, 3.8) is 0 Å². The van der Waals surface area contributed by atoms with E-state index in [2.05, 4.69) is 10.2 Å². The second-order valence-corrected chi connectivity index (χ2v) is 6.51. The molecule has 1 heterocycles. The molecule has 1 N–H and O–H groups in total. The molecule has 0 bridgehead atoms. The van der Waals surface area contributed by atoms with Crippen LogP contribution in [0.5, 0.6) is 0 Å². The number of hydrogen-bond donors (Lipinski definition) is 1. The first-order valence-corrected chi connectivity index (χ1v) is 9.03. The van der Waals surface area contributed by atoms with Crippen LogP contribution in [0.1, 0.15) is 52.4 Å². The van der Waals surface area contributed by atoms with Crippen LogP contribution in [0.15, 0.2) is 0 Å². The summed E-state index contributed by atoms with van der Waals surface area (Å²) in [5.41, 5.74) is 0. The lowest BCUT2D eigenvalue weighted by atomic mass is 9.89. The highest BCUT2D eigenvalue weighted by Gasteiger charge is 2.33. The number of urea groups is 1. The van der Waals surface area contributed by atoms with Crippen LogP contribution >= 0.6 is 0 Å². The van der Waals surface area contributed by atoms with E-state index >= 15 is 0 Å². The Morgan fingerprint density at radius 3 is 2.43 bits per heavy atom.